The Morgan fingerprint density at radius 3 is 2.70 bits per heavy atom. The Kier molecular flexibility index (Phi) is 3.72. The SMILES string of the molecule is NNC(=O)c1cc(S(=O)(=O)Nc2cccc(F)c2)c[nH]1. The largest absolute Gasteiger partial charge is 0.356 e. The molecule has 1 aromatic heterocycles. The second kappa shape index (κ2) is 5.31. The van der Waals surface area contributed by atoms with E-state index < -0.39 is 21.7 Å². The van der Waals surface area contributed by atoms with E-state index in [0.717, 1.165) is 18.3 Å². The molecule has 1 aromatic carbocycles. The van der Waals surface area contributed by atoms with Gasteiger partial charge in [-0.2, -0.15) is 0 Å². The molecule has 0 aliphatic carbocycles. The molecule has 2 aromatic rings. The summed E-state index contributed by atoms with van der Waals surface area (Å²) in [5, 5.41) is 0. The molecule has 0 aliphatic rings. The van der Waals surface area contributed by atoms with Crippen LogP contribution in [-0.4, -0.2) is 19.3 Å². The summed E-state index contributed by atoms with van der Waals surface area (Å²) < 4.78 is 39.2. The molecule has 0 atom stereocenters. The van der Waals surface area contributed by atoms with Gasteiger partial charge in [-0.15, -0.1) is 0 Å². The number of H-pyrrole nitrogens is 1. The Morgan fingerprint density at radius 2 is 2.05 bits per heavy atom. The molecule has 1 amide bonds. The van der Waals surface area contributed by atoms with E-state index in [0.29, 0.717) is 0 Å². The Balaban J connectivity index is 2.27. The Hall–Kier alpha value is -2.39. The van der Waals surface area contributed by atoms with Crippen molar-refractivity contribution in [1.82, 2.24) is 10.4 Å². The number of nitrogen functional groups attached to an aromatic ring is 1. The number of hydrogen-bond acceptors (Lipinski definition) is 4. The number of carbonyl (C=O) groups is 1. The lowest BCUT2D eigenvalue weighted by Gasteiger charge is -2.05. The molecule has 1 heterocycles. The third-order valence-electron chi connectivity index (χ3n) is 2.42. The van der Waals surface area contributed by atoms with Crippen LogP contribution in [0, 0.1) is 5.82 Å². The van der Waals surface area contributed by atoms with Gasteiger partial charge in [0.15, 0.2) is 0 Å². The fourth-order valence-electron chi connectivity index (χ4n) is 1.50. The maximum absolute atomic E-state index is 13.0. The van der Waals surface area contributed by atoms with Gasteiger partial charge in [0.25, 0.3) is 15.9 Å². The first-order valence-electron chi connectivity index (χ1n) is 5.40. The standard InChI is InChI=1S/C11H11FN4O3S/c12-7-2-1-3-8(4-7)16-20(18,19)9-5-10(14-6-9)11(17)15-13/h1-6,14,16H,13H2,(H,15,17). The number of benzene rings is 1. The number of carbonyl (C=O) groups excluding carboxylic acids is 1. The molecule has 5 N–H and O–H groups in total. The number of anilines is 1. The number of aromatic nitrogens is 1. The number of hydrazine groups is 1. The maximum Gasteiger partial charge on any atom is 0.281 e. The van der Waals surface area contributed by atoms with Crippen molar-refractivity contribution in [2.45, 2.75) is 4.90 Å². The average molecular weight is 298 g/mol. The van der Waals surface area contributed by atoms with Crippen molar-refractivity contribution in [3.63, 3.8) is 0 Å². The zero-order valence-electron chi connectivity index (χ0n) is 10.1. The van der Waals surface area contributed by atoms with Crippen molar-refractivity contribution < 1.29 is 17.6 Å². The topological polar surface area (TPSA) is 117 Å². The van der Waals surface area contributed by atoms with E-state index in [1.54, 1.807) is 0 Å². The zero-order chi connectivity index (χ0) is 14.8. The van der Waals surface area contributed by atoms with Crippen LogP contribution >= 0.6 is 0 Å². The first-order valence-corrected chi connectivity index (χ1v) is 6.88. The number of halogens is 1. The first kappa shape index (κ1) is 14.0. The molecule has 2 rings (SSSR count). The van der Waals surface area contributed by atoms with Crippen LogP contribution in [0.5, 0.6) is 0 Å². The molecule has 7 nitrogen and oxygen atoms in total. The van der Waals surface area contributed by atoms with Crippen molar-refractivity contribution in [3.8, 4) is 0 Å². The number of nitrogens with two attached hydrogens (primary N) is 1. The summed E-state index contributed by atoms with van der Waals surface area (Å²) in [6.07, 6.45) is 1.13. The molecule has 0 radical (unpaired) electrons. The summed E-state index contributed by atoms with van der Waals surface area (Å²) >= 11 is 0. The number of aromatic amines is 1. The highest BCUT2D eigenvalue weighted by molar-refractivity contribution is 7.92. The van der Waals surface area contributed by atoms with Gasteiger partial charge in [-0.3, -0.25) is 14.9 Å². The molecule has 9 heteroatoms. The van der Waals surface area contributed by atoms with E-state index in [1.807, 2.05) is 5.43 Å². The van der Waals surface area contributed by atoms with Gasteiger partial charge in [0.2, 0.25) is 0 Å². The quantitative estimate of drug-likeness (QED) is 0.375. The predicted molar refractivity (Wildman–Crippen MR) is 69.7 cm³/mol. The van der Waals surface area contributed by atoms with Gasteiger partial charge >= 0.3 is 0 Å². The van der Waals surface area contributed by atoms with Gasteiger partial charge < -0.3 is 4.98 Å². The van der Waals surface area contributed by atoms with E-state index >= 15 is 0 Å². The van der Waals surface area contributed by atoms with E-state index in [1.165, 1.54) is 18.2 Å². The molecular weight excluding hydrogens is 287 g/mol. The van der Waals surface area contributed by atoms with Crippen molar-refractivity contribution in [1.29, 1.82) is 0 Å². The van der Waals surface area contributed by atoms with Gasteiger partial charge in [0.05, 0.1) is 5.69 Å². The molecular formula is C11H11FN4O3S. The molecule has 0 saturated carbocycles. The van der Waals surface area contributed by atoms with Crippen molar-refractivity contribution in [2.75, 3.05) is 4.72 Å². The van der Waals surface area contributed by atoms with Gasteiger partial charge in [0.1, 0.15) is 16.4 Å². The maximum atomic E-state index is 13.0. The minimum Gasteiger partial charge on any atom is -0.356 e. The van der Waals surface area contributed by atoms with Crippen LogP contribution in [-0.2, 0) is 10.0 Å². The van der Waals surface area contributed by atoms with E-state index in [9.17, 15) is 17.6 Å². The molecule has 0 unspecified atom stereocenters. The summed E-state index contributed by atoms with van der Waals surface area (Å²) in [6, 6.07) is 6.12. The summed E-state index contributed by atoms with van der Waals surface area (Å²) in [6.45, 7) is 0. The van der Waals surface area contributed by atoms with Crippen LogP contribution in [0.3, 0.4) is 0 Å². The van der Waals surface area contributed by atoms with E-state index in [4.69, 9.17) is 5.84 Å². The molecule has 20 heavy (non-hydrogen) atoms. The van der Waals surface area contributed by atoms with Gasteiger partial charge in [-0.1, -0.05) is 6.07 Å². The molecule has 0 saturated heterocycles. The number of hydrogen-bond donors (Lipinski definition) is 4. The summed E-state index contributed by atoms with van der Waals surface area (Å²) in [5.41, 5.74) is 1.94. The number of rotatable bonds is 4. The van der Waals surface area contributed by atoms with Crippen LogP contribution in [0.25, 0.3) is 0 Å². The minimum atomic E-state index is -3.92. The lowest BCUT2D eigenvalue weighted by molar-refractivity contribution is 0.0949. The van der Waals surface area contributed by atoms with Crippen LogP contribution < -0.4 is 16.0 Å². The van der Waals surface area contributed by atoms with Crippen molar-refractivity contribution in [2.24, 2.45) is 5.84 Å². The third kappa shape index (κ3) is 2.95. The van der Waals surface area contributed by atoms with Crippen LogP contribution in [0.15, 0.2) is 41.4 Å². The Bertz CT molecular complexity index is 742. The third-order valence-corrected chi connectivity index (χ3v) is 3.78. The van der Waals surface area contributed by atoms with Gasteiger partial charge in [0, 0.05) is 6.20 Å². The van der Waals surface area contributed by atoms with Crippen molar-refractivity contribution in [3.05, 3.63) is 48.0 Å². The first-order chi connectivity index (χ1) is 9.42. The fraction of sp³-hybridized carbons (Fsp3) is 0. The Labute approximate surface area is 114 Å². The summed E-state index contributed by atoms with van der Waals surface area (Å²) in [4.78, 5) is 13.5. The molecule has 106 valence electrons. The highest BCUT2D eigenvalue weighted by Gasteiger charge is 2.18. The normalized spacial score (nSPS) is 11.1. The Morgan fingerprint density at radius 1 is 1.30 bits per heavy atom. The molecule has 0 fully saturated rings. The number of sulfonamides is 1. The monoisotopic (exact) mass is 298 g/mol. The van der Waals surface area contributed by atoms with Gasteiger partial charge in [-0.25, -0.2) is 18.7 Å². The highest BCUT2D eigenvalue weighted by atomic mass is 32.2. The molecule has 0 spiro atoms. The predicted octanol–water partition coefficient (Wildman–Crippen LogP) is 0.558. The van der Waals surface area contributed by atoms with Crippen LogP contribution in [0.1, 0.15) is 10.5 Å². The second-order valence-electron chi connectivity index (χ2n) is 3.84. The number of nitrogens with one attached hydrogen (secondary N) is 3. The highest BCUT2D eigenvalue weighted by Crippen LogP contribution is 2.17. The van der Waals surface area contributed by atoms with Crippen molar-refractivity contribution >= 4 is 21.6 Å². The molecule has 0 bridgehead atoms. The van der Waals surface area contributed by atoms with Gasteiger partial charge in [-0.05, 0) is 24.3 Å². The second-order valence-corrected chi connectivity index (χ2v) is 5.52. The average Bonchev–Trinajstić information content (AvgIpc) is 2.87. The molecule has 0 aliphatic heterocycles. The smallest absolute Gasteiger partial charge is 0.281 e. The minimum absolute atomic E-state index is 0.00730. The summed E-state index contributed by atoms with van der Waals surface area (Å²) in [7, 11) is -3.92. The fourth-order valence-corrected chi connectivity index (χ4v) is 2.55. The summed E-state index contributed by atoms with van der Waals surface area (Å²) in [5.74, 6) is 3.71. The van der Waals surface area contributed by atoms with Crippen LogP contribution in [0.2, 0.25) is 0 Å². The number of amides is 1. The lowest BCUT2D eigenvalue weighted by atomic mass is 10.3. The van der Waals surface area contributed by atoms with E-state index in [2.05, 4.69) is 9.71 Å². The lowest BCUT2D eigenvalue weighted by Crippen LogP contribution is -2.30. The van der Waals surface area contributed by atoms with Crippen LogP contribution in [0.4, 0.5) is 10.1 Å². The zero-order valence-corrected chi connectivity index (χ0v) is 10.9. The van der Waals surface area contributed by atoms with E-state index in [-0.39, 0.29) is 16.3 Å².